The van der Waals surface area contributed by atoms with Crippen molar-refractivity contribution in [1.82, 2.24) is 20.4 Å². The highest BCUT2D eigenvalue weighted by atomic mass is 16.2. The van der Waals surface area contributed by atoms with E-state index in [0.717, 1.165) is 0 Å². The van der Waals surface area contributed by atoms with E-state index in [4.69, 9.17) is 0 Å². The number of carbonyl (C=O) groups is 3. The number of nitrogens with zero attached hydrogens (tertiary/aromatic N) is 2. The number of hydrogen-bond donors (Lipinski definition) is 2. The summed E-state index contributed by atoms with van der Waals surface area (Å²) >= 11 is 0. The molecule has 0 aromatic carbocycles. The molecule has 7 nitrogen and oxygen atoms in total. The molecule has 4 atom stereocenters. The van der Waals surface area contributed by atoms with Crippen LogP contribution in [0.15, 0.2) is 0 Å². The van der Waals surface area contributed by atoms with Crippen molar-refractivity contribution in [2.45, 2.75) is 52.6 Å². The van der Waals surface area contributed by atoms with Gasteiger partial charge in [-0.2, -0.15) is 0 Å². The summed E-state index contributed by atoms with van der Waals surface area (Å²) in [5.74, 6) is 0.749. The highest BCUT2D eigenvalue weighted by molar-refractivity contribution is 5.81. The topological polar surface area (TPSA) is 81.8 Å². The summed E-state index contributed by atoms with van der Waals surface area (Å²) < 4.78 is 0. The number of carbonyl (C=O) groups excluding carboxylic acids is 3. The lowest BCUT2D eigenvalue weighted by molar-refractivity contribution is -0.129. The third kappa shape index (κ3) is 3.34. The smallest absolute Gasteiger partial charge is 0.317 e. The normalized spacial score (nSPS) is 31.8. The van der Waals surface area contributed by atoms with Gasteiger partial charge in [0.2, 0.25) is 11.8 Å². The van der Waals surface area contributed by atoms with Crippen LogP contribution < -0.4 is 10.6 Å². The molecule has 7 heteroatoms. The van der Waals surface area contributed by atoms with Crippen molar-refractivity contribution >= 4 is 17.8 Å². The van der Waals surface area contributed by atoms with Crippen molar-refractivity contribution in [1.29, 1.82) is 0 Å². The van der Waals surface area contributed by atoms with Crippen LogP contribution >= 0.6 is 0 Å². The molecule has 124 valence electrons. The molecule has 2 aliphatic heterocycles. The van der Waals surface area contributed by atoms with Gasteiger partial charge < -0.3 is 20.4 Å². The SMILES string of the molecule is CC1CC(=O)N(CNC(=O)NCN2C(=O)CC(C)C2C)C1C. The zero-order valence-corrected chi connectivity index (χ0v) is 13.8. The number of hydrogen-bond acceptors (Lipinski definition) is 3. The molecular weight excluding hydrogens is 284 g/mol. The second-order valence-corrected chi connectivity index (χ2v) is 6.57. The Morgan fingerprint density at radius 3 is 1.55 bits per heavy atom. The molecule has 2 saturated heterocycles. The summed E-state index contributed by atoms with van der Waals surface area (Å²) in [6.45, 7) is 8.45. The Bertz CT molecular complexity index is 428. The van der Waals surface area contributed by atoms with Crippen LogP contribution in [0.1, 0.15) is 40.5 Å². The minimum absolute atomic E-state index is 0.0671. The van der Waals surface area contributed by atoms with Gasteiger partial charge in [0.15, 0.2) is 0 Å². The molecule has 2 aliphatic rings. The summed E-state index contributed by atoms with van der Waals surface area (Å²) in [7, 11) is 0. The molecule has 2 rings (SSSR count). The maximum absolute atomic E-state index is 11.8. The predicted octanol–water partition coefficient (Wildman–Crippen LogP) is 0.714. The van der Waals surface area contributed by atoms with Crippen LogP contribution in [0.5, 0.6) is 0 Å². The van der Waals surface area contributed by atoms with E-state index >= 15 is 0 Å². The van der Waals surface area contributed by atoms with E-state index in [1.165, 1.54) is 0 Å². The molecular formula is C15H26N4O3. The summed E-state index contributed by atoms with van der Waals surface area (Å²) in [5.41, 5.74) is 0. The van der Waals surface area contributed by atoms with Crippen LogP contribution in [0.4, 0.5) is 4.79 Å². The Labute approximate surface area is 131 Å². The van der Waals surface area contributed by atoms with E-state index in [9.17, 15) is 14.4 Å². The van der Waals surface area contributed by atoms with Gasteiger partial charge in [-0.05, 0) is 25.7 Å². The maximum atomic E-state index is 11.8. The molecule has 2 fully saturated rings. The van der Waals surface area contributed by atoms with Gasteiger partial charge in [0.1, 0.15) is 0 Å². The number of amides is 4. The van der Waals surface area contributed by atoms with E-state index in [1.807, 2.05) is 27.7 Å². The first kappa shape index (κ1) is 16.6. The fourth-order valence-electron chi connectivity index (χ4n) is 3.04. The van der Waals surface area contributed by atoms with Crippen LogP contribution in [0.2, 0.25) is 0 Å². The van der Waals surface area contributed by atoms with Gasteiger partial charge in [0, 0.05) is 24.9 Å². The van der Waals surface area contributed by atoms with Gasteiger partial charge in [-0.25, -0.2) is 4.79 Å². The largest absolute Gasteiger partial charge is 0.322 e. The van der Waals surface area contributed by atoms with Crippen molar-refractivity contribution in [3.63, 3.8) is 0 Å². The molecule has 22 heavy (non-hydrogen) atoms. The minimum atomic E-state index is -0.362. The molecule has 0 bridgehead atoms. The summed E-state index contributed by atoms with van der Waals surface area (Å²) in [5, 5.41) is 5.38. The molecule has 4 amide bonds. The maximum Gasteiger partial charge on any atom is 0.317 e. The summed E-state index contributed by atoms with van der Waals surface area (Å²) in [6, 6.07) is -0.0956. The average molecular weight is 310 g/mol. The van der Waals surface area contributed by atoms with E-state index < -0.39 is 0 Å². The van der Waals surface area contributed by atoms with E-state index in [2.05, 4.69) is 10.6 Å². The molecule has 0 radical (unpaired) electrons. The molecule has 2 N–H and O–H groups in total. The second-order valence-electron chi connectivity index (χ2n) is 6.57. The first-order valence-electron chi connectivity index (χ1n) is 7.92. The number of likely N-dealkylation sites (tertiary alicyclic amines) is 2. The van der Waals surface area contributed by atoms with E-state index in [-0.39, 0.29) is 43.3 Å². The van der Waals surface area contributed by atoms with Crippen LogP contribution in [0.3, 0.4) is 0 Å². The summed E-state index contributed by atoms with van der Waals surface area (Å²) in [6.07, 6.45) is 1.06. The van der Waals surface area contributed by atoms with Gasteiger partial charge in [-0.3, -0.25) is 9.59 Å². The van der Waals surface area contributed by atoms with Crippen molar-refractivity contribution in [3.8, 4) is 0 Å². The fourth-order valence-corrected chi connectivity index (χ4v) is 3.04. The van der Waals surface area contributed by atoms with Gasteiger partial charge in [-0.1, -0.05) is 13.8 Å². The molecule has 0 aromatic rings. The zero-order chi connectivity index (χ0) is 16.4. The number of rotatable bonds is 4. The molecule has 2 heterocycles. The van der Waals surface area contributed by atoms with E-state index in [1.54, 1.807) is 9.80 Å². The summed E-state index contributed by atoms with van der Waals surface area (Å²) in [4.78, 5) is 38.8. The first-order chi connectivity index (χ1) is 10.3. The average Bonchev–Trinajstić information content (AvgIpc) is 2.83. The van der Waals surface area contributed by atoms with Crippen LogP contribution in [-0.2, 0) is 9.59 Å². The standard InChI is InChI=1S/C15H26N4O3/c1-9-5-13(20)18(11(9)3)7-16-15(22)17-8-19-12(4)10(2)6-14(19)21/h9-12H,5-8H2,1-4H3,(H2,16,17,22). The van der Waals surface area contributed by atoms with Crippen LogP contribution in [0, 0.1) is 11.8 Å². The Morgan fingerprint density at radius 2 is 1.27 bits per heavy atom. The predicted molar refractivity (Wildman–Crippen MR) is 81.6 cm³/mol. The monoisotopic (exact) mass is 310 g/mol. The molecule has 4 unspecified atom stereocenters. The van der Waals surface area contributed by atoms with E-state index in [0.29, 0.717) is 24.7 Å². The fraction of sp³-hybridized carbons (Fsp3) is 0.800. The van der Waals surface area contributed by atoms with Crippen molar-refractivity contribution in [3.05, 3.63) is 0 Å². The third-order valence-electron chi connectivity index (χ3n) is 5.08. The molecule has 0 spiro atoms. The van der Waals surface area contributed by atoms with Crippen molar-refractivity contribution in [2.24, 2.45) is 11.8 Å². The first-order valence-corrected chi connectivity index (χ1v) is 7.92. The highest BCUT2D eigenvalue weighted by Crippen LogP contribution is 2.24. The highest BCUT2D eigenvalue weighted by Gasteiger charge is 2.35. The Kier molecular flexibility index (Phi) is 4.93. The lowest BCUT2D eigenvalue weighted by atomic mass is 10.1. The Morgan fingerprint density at radius 1 is 0.909 bits per heavy atom. The van der Waals surface area contributed by atoms with Gasteiger partial charge in [0.05, 0.1) is 13.3 Å². The van der Waals surface area contributed by atoms with Crippen molar-refractivity contribution < 1.29 is 14.4 Å². The Hall–Kier alpha value is -1.79. The molecule has 0 saturated carbocycles. The second kappa shape index (κ2) is 6.54. The minimum Gasteiger partial charge on any atom is -0.322 e. The van der Waals surface area contributed by atoms with Gasteiger partial charge >= 0.3 is 6.03 Å². The van der Waals surface area contributed by atoms with Gasteiger partial charge in [-0.15, -0.1) is 0 Å². The van der Waals surface area contributed by atoms with Crippen molar-refractivity contribution in [2.75, 3.05) is 13.3 Å². The lowest BCUT2D eigenvalue weighted by Gasteiger charge is -2.26. The van der Waals surface area contributed by atoms with Gasteiger partial charge in [0.25, 0.3) is 0 Å². The molecule has 0 aliphatic carbocycles. The van der Waals surface area contributed by atoms with Crippen LogP contribution in [-0.4, -0.2) is 53.1 Å². The molecule has 0 aromatic heterocycles. The number of nitrogens with one attached hydrogen (secondary N) is 2. The lowest BCUT2D eigenvalue weighted by Crippen LogP contribution is -2.49. The van der Waals surface area contributed by atoms with Crippen LogP contribution in [0.25, 0.3) is 0 Å². The third-order valence-corrected chi connectivity index (χ3v) is 5.08. The number of urea groups is 1. The Balaban J connectivity index is 1.75. The quantitative estimate of drug-likeness (QED) is 0.802. The zero-order valence-electron chi connectivity index (χ0n) is 13.8.